The summed E-state index contributed by atoms with van der Waals surface area (Å²) in [5.74, 6) is 0. The van der Waals surface area contributed by atoms with Gasteiger partial charge in [0.2, 0.25) is 0 Å². The van der Waals surface area contributed by atoms with Crippen molar-refractivity contribution in [3.05, 3.63) is 158 Å². The first-order valence-corrected chi connectivity index (χ1v) is 14.2. The van der Waals surface area contributed by atoms with Crippen molar-refractivity contribution in [2.24, 2.45) is 0 Å². The molecule has 0 atom stereocenters. The summed E-state index contributed by atoms with van der Waals surface area (Å²) in [6.45, 7) is 0. The van der Waals surface area contributed by atoms with Crippen LogP contribution in [0.1, 0.15) is 0 Å². The number of rotatable bonds is 4. The second kappa shape index (κ2) is 10.1. The Labute approximate surface area is 244 Å². The van der Waals surface area contributed by atoms with Gasteiger partial charge in [-0.2, -0.15) is 0 Å². The molecule has 6 aromatic carbocycles. The third-order valence-corrected chi connectivity index (χ3v) is 8.10. The summed E-state index contributed by atoms with van der Waals surface area (Å²) in [6.07, 6.45) is 1.95. The van der Waals surface area contributed by atoms with Crippen molar-refractivity contribution in [3.63, 3.8) is 0 Å². The maximum atomic E-state index is 5.28. The van der Waals surface area contributed by atoms with E-state index in [1.165, 1.54) is 26.9 Å². The predicted octanol–water partition coefficient (Wildman–Crippen LogP) is 10.6. The number of fused-ring (bicyclic) bond motifs is 3. The van der Waals surface area contributed by atoms with Gasteiger partial charge in [-0.25, -0.2) is 4.98 Å². The molecule has 0 aliphatic rings. The normalized spacial score (nSPS) is 11.3. The summed E-state index contributed by atoms with van der Waals surface area (Å²) in [5.41, 5.74) is 8.55. The SMILES string of the molecule is c1ccc2cc(-c3ccc(-c4cc(-c5cccc6ccccc56)nc(-c5cccc6ccccc56)c4)cc3)ncc2c1. The maximum absolute atomic E-state index is 5.28. The minimum absolute atomic E-state index is 0.965. The van der Waals surface area contributed by atoms with Gasteiger partial charge >= 0.3 is 0 Å². The third kappa shape index (κ3) is 4.31. The first kappa shape index (κ1) is 24.2. The van der Waals surface area contributed by atoms with Crippen molar-refractivity contribution >= 4 is 32.3 Å². The number of pyridine rings is 2. The number of benzene rings is 6. The minimum atomic E-state index is 0.965. The van der Waals surface area contributed by atoms with E-state index in [-0.39, 0.29) is 0 Å². The monoisotopic (exact) mass is 534 g/mol. The fourth-order valence-corrected chi connectivity index (χ4v) is 5.95. The van der Waals surface area contributed by atoms with E-state index >= 15 is 0 Å². The largest absolute Gasteiger partial charge is 0.256 e. The lowest BCUT2D eigenvalue weighted by molar-refractivity contribution is 1.33. The topological polar surface area (TPSA) is 25.8 Å². The van der Waals surface area contributed by atoms with Gasteiger partial charge in [-0.05, 0) is 56.3 Å². The molecule has 8 rings (SSSR count). The van der Waals surface area contributed by atoms with Crippen LogP contribution in [-0.4, -0.2) is 9.97 Å². The molecular formula is C40H26N2. The molecule has 42 heavy (non-hydrogen) atoms. The van der Waals surface area contributed by atoms with Gasteiger partial charge in [0, 0.05) is 28.3 Å². The van der Waals surface area contributed by atoms with Gasteiger partial charge in [0.15, 0.2) is 0 Å². The highest BCUT2D eigenvalue weighted by Gasteiger charge is 2.13. The molecule has 196 valence electrons. The molecule has 2 aromatic heterocycles. The molecule has 0 bridgehead atoms. The Bertz CT molecular complexity index is 2140. The summed E-state index contributed by atoms with van der Waals surface area (Å²) >= 11 is 0. The van der Waals surface area contributed by atoms with Crippen LogP contribution >= 0.6 is 0 Å². The van der Waals surface area contributed by atoms with Gasteiger partial charge in [-0.15, -0.1) is 0 Å². The molecule has 2 heteroatoms. The summed E-state index contributed by atoms with van der Waals surface area (Å²) in [6, 6.07) is 53.7. The Morgan fingerprint density at radius 3 is 1.45 bits per heavy atom. The first-order chi connectivity index (χ1) is 20.8. The molecule has 0 radical (unpaired) electrons. The third-order valence-electron chi connectivity index (χ3n) is 8.10. The first-order valence-electron chi connectivity index (χ1n) is 14.2. The van der Waals surface area contributed by atoms with Crippen LogP contribution in [0.15, 0.2) is 158 Å². The van der Waals surface area contributed by atoms with Crippen molar-refractivity contribution in [2.45, 2.75) is 0 Å². The molecule has 0 amide bonds. The zero-order valence-corrected chi connectivity index (χ0v) is 22.9. The van der Waals surface area contributed by atoms with Gasteiger partial charge in [-0.1, -0.05) is 133 Å². The van der Waals surface area contributed by atoms with Crippen molar-refractivity contribution in [3.8, 4) is 44.9 Å². The van der Waals surface area contributed by atoms with E-state index in [4.69, 9.17) is 9.97 Å². The van der Waals surface area contributed by atoms with Crippen molar-refractivity contribution < 1.29 is 0 Å². The molecule has 0 saturated heterocycles. The Kier molecular flexibility index (Phi) is 5.82. The molecule has 2 nitrogen and oxygen atoms in total. The van der Waals surface area contributed by atoms with Gasteiger partial charge in [-0.3, -0.25) is 4.98 Å². The number of hydrogen-bond donors (Lipinski definition) is 0. The minimum Gasteiger partial charge on any atom is -0.256 e. The Morgan fingerprint density at radius 1 is 0.333 bits per heavy atom. The zero-order valence-electron chi connectivity index (χ0n) is 22.9. The predicted molar refractivity (Wildman–Crippen MR) is 176 cm³/mol. The second-order valence-corrected chi connectivity index (χ2v) is 10.7. The second-order valence-electron chi connectivity index (χ2n) is 10.7. The van der Waals surface area contributed by atoms with E-state index in [0.717, 1.165) is 50.3 Å². The standard InChI is InChI=1S/C40H26N2/c1-2-12-32-26-41-38(23-31(32)11-1)30-21-19-27(20-22-30)33-24-39(36-17-7-13-28-9-3-5-15-34(28)36)42-40(25-33)37-18-8-14-29-10-4-6-16-35(29)37/h1-26H. The van der Waals surface area contributed by atoms with E-state index in [9.17, 15) is 0 Å². The Morgan fingerprint density at radius 2 is 0.833 bits per heavy atom. The van der Waals surface area contributed by atoms with Crippen LogP contribution in [0, 0.1) is 0 Å². The summed E-state index contributed by atoms with van der Waals surface area (Å²) in [7, 11) is 0. The lowest BCUT2D eigenvalue weighted by Crippen LogP contribution is -1.93. The smallest absolute Gasteiger partial charge is 0.0721 e. The molecular weight excluding hydrogens is 508 g/mol. The average Bonchev–Trinajstić information content (AvgIpc) is 3.07. The van der Waals surface area contributed by atoms with Crippen molar-refractivity contribution in [1.82, 2.24) is 9.97 Å². The van der Waals surface area contributed by atoms with E-state index in [2.05, 4.69) is 146 Å². The van der Waals surface area contributed by atoms with E-state index in [0.29, 0.717) is 0 Å². The molecule has 0 N–H and O–H groups in total. The molecule has 0 saturated carbocycles. The number of aromatic nitrogens is 2. The number of nitrogens with zero attached hydrogens (tertiary/aromatic N) is 2. The summed E-state index contributed by atoms with van der Waals surface area (Å²) in [5, 5.41) is 7.16. The van der Waals surface area contributed by atoms with Crippen LogP contribution in [0.3, 0.4) is 0 Å². The molecule has 0 aliphatic carbocycles. The summed E-state index contributed by atoms with van der Waals surface area (Å²) in [4.78, 5) is 10.0. The lowest BCUT2D eigenvalue weighted by atomic mass is 9.95. The fourth-order valence-electron chi connectivity index (χ4n) is 5.95. The lowest BCUT2D eigenvalue weighted by Gasteiger charge is -2.14. The van der Waals surface area contributed by atoms with Crippen LogP contribution in [0.25, 0.3) is 77.2 Å². The van der Waals surface area contributed by atoms with Crippen LogP contribution < -0.4 is 0 Å². The van der Waals surface area contributed by atoms with Gasteiger partial charge in [0.05, 0.1) is 17.1 Å². The molecule has 0 fully saturated rings. The molecule has 8 aromatic rings. The van der Waals surface area contributed by atoms with Gasteiger partial charge in [0.1, 0.15) is 0 Å². The van der Waals surface area contributed by atoms with Crippen LogP contribution in [0.2, 0.25) is 0 Å². The number of hydrogen-bond acceptors (Lipinski definition) is 2. The Hall–Kier alpha value is -5.60. The van der Waals surface area contributed by atoms with Crippen molar-refractivity contribution in [2.75, 3.05) is 0 Å². The highest BCUT2D eigenvalue weighted by atomic mass is 14.7. The molecule has 0 unspecified atom stereocenters. The maximum Gasteiger partial charge on any atom is 0.0721 e. The molecule has 0 spiro atoms. The molecule has 0 aliphatic heterocycles. The van der Waals surface area contributed by atoms with Crippen LogP contribution in [0.4, 0.5) is 0 Å². The zero-order chi connectivity index (χ0) is 27.9. The van der Waals surface area contributed by atoms with Gasteiger partial charge in [0.25, 0.3) is 0 Å². The molecule has 2 heterocycles. The highest BCUT2D eigenvalue weighted by Crippen LogP contribution is 2.36. The summed E-state index contributed by atoms with van der Waals surface area (Å²) < 4.78 is 0. The van der Waals surface area contributed by atoms with Gasteiger partial charge < -0.3 is 0 Å². The van der Waals surface area contributed by atoms with Crippen LogP contribution in [-0.2, 0) is 0 Å². The van der Waals surface area contributed by atoms with Crippen LogP contribution in [0.5, 0.6) is 0 Å². The average molecular weight is 535 g/mol. The Balaban J connectivity index is 1.29. The van der Waals surface area contributed by atoms with Crippen molar-refractivity contribution in [1.29, 1.82) is 0 Å². The van der Waals surface area contributed by atoms with E-state index in [1.807, 2.05) is 12.3 Å². The van der Waals surface area contributed by atoms with E-state index < -0.39 is 0 Å². The fraction of sp³-hybridized carbons (Fsp3) is 0. The highest BCUT2D eigenvalue weighted by molar-refractivity contribution is 5.99. The van der Waals surface area contributed by atoms with E-state index in [1.54, 1.807) is 0 Å². The quantitative estimate of drug-likeness (QED) is 0.224.